The van der Waals surface area contributed by atoms with Gasteiger partial charge in [0.25, 0.3) is 0 Å². The molecule has 2 aromatic carbocycles. The van der Waals surface area contributed by atoms with E-state index in [1.165, 1.54) is 11.8 Å². The quantitative estimate of drug-likeness (QED) is 0.545. The number of carbonyl (C=O) groups excluding carboxylic acids is 2. The number of nitrogens with zero attached hydrogens (tertiary/aromatic N) is 1. The highest BCUT2D eigenvalue weighted by atomic mass is 35.5. The molecule has 0 aliphatic rings. The maximum absolute atomic E-state index is 13.0. The van der Waals surface area contributed by atoms with E-state index in [2.05, 4.69) is 5.32 Å². The van der Waals surface area contributed by atoms with Gasteiger partial charge in [-0.25, -0.2) is 0 Å². The molecule has 0 radical (unpaired) electrons. The summed E-state index contributed by atoms with van der Waals surface area (Å²) in [6, 6.07) is 11.8. The highest BCUT2D eigenvalue weighted by Crippen LogP contribution is 2.25. The summed E-state index contributed by atoms with van der Waals surface area (Å²) >= 11 is 19.5. The van der Waals surface area contributed by atoms with Crippen LogP contribution in [0.25, 0.3) is 0 Å². The summed E-state index contributed by atoms with van der Waals surface area (Å²) in [4.78, 5) is 27.9. The normalized spacial score (nSPS) is 11.8. The Hall–Kier alpha value is -1.40. The number of amides is 2. The third kappa shape index (κ3) is 6.31. The number of hydrogen-bond donors (Lipinski definition) is 1. The summed E-state index contributed by atoms with van der Waals surface area (Å²) in [5, 5.41) is 4.25. The molecule has 1 N–H and O–H groups in total. The molecule has 0 fully saturated rings. The lowest BCUT2D eigenvalue weighted by Crippen LogP contribution is -2.48. The molecular formula is C20H21Cl3N2O2S. The maximum atomic E-state index is 13.0. The van der Waals surface area contributed by atoms with Crippen LogP contribution in [-0.4, -0.2) is 35.6 Å². The molecule has 2 rings (SSSR count). The molecule has 0 saturated heterocycles. The average Bonchev–Trinajstić information content (AvgIpc) is 2.68. The van der Waals surface area contributed by atoms with Crippen LogP contribution in [0.5, 0.6) is 0 Å². The molecule has 150 valence electrons. The van der Waals surface area contributed by atoms with Gasteiger partial charge < -0.3 is 10.2 Å². The van der Waals surface area contributed by atoms with Gasteiger partial charge in [0.1, 0.15) is 6.04 Å². The zero-order chi connectivity index (χ0) is 20.7. The van der Waals surface area contributed by atoms with Gasteiger partial charge in [-0.15, -0.1) is 11.8 Å². The molecule has 8 heteroatoms. The number of rotatable bonds is 8. The largest absolute Gasteiger partial charge is 0.357 e. The van der Waals surface area contributed by atoms with E-state index < -0.39 is 6.04 Å². The Morgan fingerprint density at radius 1 is 1.07 bits per heavy atom. The molecule has 2 amide bonds. The lowest BCUT2D eigenvalue weighted by atomic mass is 10.1. The fraction of sp³-hybridized carbons (Fsp3) is 0.300. The van der Waals surface area contributed by atoms with Gasteiger partial charge in [-0.05, 0) is 48.4 Å². The molecule has 0 aromatic heterocycles. The van der Waals surface area contributed by atoms with Crippen molar-refractivity contribution in [3.63, 3.8) is 0 Å². The van der Waals surface area contributed by atoms with Gasteiger partial charge in [0.05, 0.1) is 5.75 Å². The SMILES string of the molecule is CC[C@H](C(=O)NC)N(Cc1ccc(Cl)cc1Cl)C(=O)CSc1ccc(Cl)cc1. The Bertz CT molecular complexity index is 831. The third-order valence-corrected chi connectivity index (χ3v) is 6.00. The molecule has 28 heavy (non-hydrogen) atoms. The summed E-state index contributed by atoms with van der Waals surface area (Å²) in [6.45, 7) is 2.10. The second kappa shape index (κ2) is 11.0. The molecule has 1 atom stereocenters. The standard InChI is InChI=1S/C20H21Cl3N2O2S/c1-3-18(20(27)24-2)25(11-13-4-5-15(22)10-17(13)23)19(26)12-28-16-8-6-14(21)7-9-16/h4-10,18H,3,11-12H2,1-2H3,(H,24,27)/t18-/m1/s1. The molecule has 0 spiro atoms. The minimum absolute atomic E-state index is 0.151. The molecule has 0 unspecified atom stereocenters. The minimum atomic E-state index is -0.588. The summed E-state index contributed by atoms with van der Waals surface area (Å²) < 4.78 is 0. The Balaban J connectivity index is 2.21. The zero-order valence-electron chi connectivity index (χ0n) is 15.5. The van der Waals surface area contributed by atoms with Crippen LogP contribution in [0.1, 0.15) is 18.9 Å². The van der Waals surface area contributed by atoms with E-state index in [0.29, 0.717) is 21.5 Å². The number of nitrogens with one attached hydrogen (secondary N) is 1. The van der Waals surface area contributed by atoms with E-state index in [0.717, 1.165) is 10.5 Å². The first-order valence-electron chi connectivity index (χ1n) is 8.69. The van der Waals surface area contributed by atoms with E-state index >= 15 is 0 Å². The van der Waals surface area contributed by atoms with Crippen molar-refractivity contribution < 1.29 is 9.59 Å². The first kappa shape index (κ1) is 22.9. The van der Waals surface area contributed by atoms with Gasteiger partial charge in [0.2, 0.25) is 11.8 Å². The summed E-state index contributed by atoms with van der Waals surface area (Å²) in [6.07, 6.45) is 0.488. The summed E-state index contributed by atoms with van der Waals surface area (Å²) in [7, 11) is 1.56. The lowest BCUT2D eigenvalue weighted by Gasteiger charge is -2.30. The number of carbonyl (C=O) groups is 2. The predicted molar refractivity (Wildman–Crippen MR) is 117 cm³/mol. The van der Waals surface area contributed by atoms with Crippen LogP contribution in [-0.2, 0) is 16.1 Å². The Labute approximate surface area is 184 Å². The molecule has 0 aliphatic carbocycles. The Kier molecular flexibility index (Phi) is 8.96. The van der Waals surface area contributed by atoms with Gasteiger partial charge in [-0.2, -0.15) is 0 Å². The first-order valence-corrected chi connectivity index (χ1v) is 10.8. The monoisotopic (exact) mass is 458 g/mol. The van der Waals surface area contributed by atoms with Crippen LogP contribution in [0, 0.1) is 0 Å². The van der Waals surface area contributed by atoms with Crippen molar-refractivity contribution >= 4 is 58.4 Å². The minimum Gasteiger partial charge on any atom is -0.357 e. The van der Waals surface area contributed by atoms with Gasteiger partial charge in [0.15, 0.2) is 0 Å². The summed E-state index contributed by atoms with van der Waals surface area (Å²) in [5.74, 6) is -0.167. The van der Waals surface area contributed by atoms with Crippen LogP contribution >= 0.6 is 46.6 Å². The van der Waals surface area contributed by atoms with Crippen LogP contribution in [0.2, 0.25) is 15.1 Å². The predicted octanol–water partition coefficient (Wildman–Crippen LogP) is 5.29. The number of likely N-dealkylation sites (N-methyl/N-ethyl adjacent to an activating group) is 1. The van der Waals surface area contributed by atoms with Gasteiger partial charge in [0, 0.05) is 33.6 Å². The van der Waals surface area contributed by atoms with Crippen LogP contribution in [0.15, 0.2) is 47.4 Å². The van der Waals surface area contributed by atoms with Crippen LogP contribution < -0.4 is 5.32 Å². The molecule has 0 aliphatic heterocycles. The second-order valence-corrected chi connectivity index (χ2v) is 8.37. The number of halogens is 3. The van der Waals surface area contributed by atoms with Gasteiger partial charge in [-0.3, -0.25) is 9.59 Å². The lowest BCUT2D eigenvalue weighted by molar-refractivity contribution is -0.139. The topological polar surface area (TPSA) is 49.4 Å². The number of thioether (sulfide) groups is 1. The highest BCUT2D eigenvalue weighted by Gasteiger charge is 2.28. The molecule has 0 saturated carbocycles. The number of hydrogen-bond acceptors (Lipinski definition) is 3. The molecule has 2 aromatic rings. The van der Waals surface area contributed by atoms with Crippen LogP contribution in [0.3, 0.4) is 0 Å². The van der Waals surface area contributed by atoms with E-state index in [-0.39, 0.29) is 24.1 Å². The van der Waals surface area contributed by atoms with Crippen molar-refractivity contribution in [1.82, 2.24) is 10.2 Å². The Morgan fingerprint density at radius 2 is 1.71 bits per heavy atom. The second-order valence-electron chi connectivity index (χ2n) is 6.04. The van der Waals surface area contributed by atoms with Crippen molar-refractivity contribution in [3.05, 3.63) is 63.1 Å². The smallest absolute Gasteiger partial charge is 0.242 e. The van der Waals surface area contributed by atoms with E-state index in [4.69, 9.17) is 34.8 Å². The van der Waals surface area contributed by atoms with Crippen molar-refractivity contribution in [2.24, 2.45) is 0 Å². The van der Waals surface area contributed by atoms with Gasteiger partial charge in [-0.1, -0.05) is 47.8 Å². The molecule has 4 nitrogen and oxygen atoms in total. The maximum Gasteiger partial charge on any atom is 0.242 e. The number of benzene rings is 2. The first-order chi connectivity index (χ1) is 13.3. The molecular weight excluding hydrogens is 439 g/mol. The average molecular weight is 460 g/mol. The molecule has 0 heterocycles. The van der Waals surface area contributed by atoms with E-state index in [9.17, 15) is 9.59 Å². The van der Waals surface area contributed by atoms with E-state index in [1.807, 2.05) is 19.1 Å². The van der Waals surface area contributed by atoms with Crippen molar-refractivity contribution in [1.29, 1.82) is 0 Å². The fourth-order valence-electron chi connectivity index (χ4n) is 2.68. The van der Waals surface area contributed by atoms with Crippen molar-refractivity contribution in [3.8, 4) is 0 Å². The van der Waals surface area contributed by atoms with E-state index in [1.54, 1.807) is 42.3 Å². The van der Waals surface area contributed by atoms with Gasteiger partial charge >= 0.3 is 0 Å². The highest BCUT2D eigenvalue weighted by molar-refractivity contribution is 8.00. The van der Waals surface area contributed by atoms with Crippen molar-refractivity contribution in [2.45, 2.75) is 30.8 Å². The van der Waals surface area contributed by atoms with Crippen LogP contribution in [0.4, 0.5) is 0 Å². The molecule has 0 bridgehead atoms. The van der Waals surface area contributed by atoms with Crippen molar-refractivity contribution in [2.75, 3.05) is 12.8 Å². The summed E-state index contributed by atoms with van der Waals surface area (Å²) in [5.41, 5.74) is 0.735. The zero-order valence-corrected chi connectivity index (χ0v) is 18.6. The Morgan fingerprint density at radius 3 is 2.29 bits per heavy atom. The fourth-order valence-corrected chi connectivity index (χ4v) is 4.06. The third-order valence-electron chi connectivity index (χ3n) is 4.16.